The molecule has 0 amide bonds. The predicted molar refractivity (Wildman–Crippen MR) is 231 cm³/mol. The summed E-state index contributed by atoms with van der Waals surface area (Å²) in [6.45, 7) is 12.1. The van der Waals surface area contributed by atoms with Gasteiger partial charge in [0.25, 0.3) is 0 Å². The fraction of sp³-hybridized carbons (Fsp3) is 0.0600. The van der Waals surface area contributed by atoms with Gasteiger partial charge in [-0.2, -0.15) is 0 Å². The minimum atomic E-state index is -0.101. The molecule has 7 aromatic carbocycles. The molecular formula is C50H31N5S. The van der Waals surface area contributed by atoms with E-state index in [9.17, 15) is 0 Å². The number of pyridine rings is 1. The Morgan fingerprint density at radius 3 is 1.93 bits per heavy atom. The van der Waals surface area contributed by atoms with Crippen molar-refractivity contribution in [3.05, 3.63) is 174 Å². The summed E-state index contributed by atoms with van der Waals surface area (Å²) in [4.78, 5) is 24.2. The SMILES string of the molecule is [C-]#[N+]c1ccc(-c2nc(-c3ccc4c(c3)-c3ccccc3C4(C)C)nc(-c3ccc4sc5ccc6c(-c7ccccc7)nc7ccccc7c6c5c4c3)n2)cc1. The van der Waals surface area contributed by atoms with Gasteiger partial charge in [-0.3, -0.25) is 0 Å². The van der Waals surface area contributed by atoms with Gasteiger partial charge in [0.2, 0.25) is 0 Å². The first-order valence-corrected chi connectivity index (χ1v) is 19.5. The van der Waals surface area contributed by atoms with Crippen molar-refractivity contribution in [1.29, 1.82) is 0 Å². The van der Waals surface area contributed by atoms with Crippen LogP contribution in [0.25, 0.3) is 103 Å². The third kappa shape index (κ3) is 4.91. The lowest BCUT2D eigenvalue weighted by atomic mass is 9.82. The maximum Gasteiger partial charge on any atom is 0.187 e. The van der Waals surface area contributed by atoms with Crippen LogP contribution in [-0.4, -0.2) is 19.9 Å². The van der Waals surface area contributed by atoms with E-state index in [2.05, 4.69) is 140 Å². The Kier molecular flexibility index (Phi) is 7.07. The van der Waals surface area contributed by atoms with Crippen molar-refractivity contribution in [3.8, 4) is 56.5 Å². The van der Waals surface area contributed by atoms with Crippen LogP contribution in [0.5, 0.6) is 0 Å². The van der Waals surface area contributed by atoms with Crippen LogP contribution in [0, 0.1) is 6.57 Å². The van der Waals surface area contributed by atoms with Crippen LogP contribution in [0.15, 0.2) is 152 Å². The molecule has 0 aliphatic heterocycles. The van der Waals surface area contributed by atoms with Crippen molar-refractivity contribution in [2.24, 2.45) is 0 Å². The number of hydrogen-bond donors (Lipinski definition) is 0. The highest BCUT2D eigenvalue weighted by Crippen LogP contribution is 2.50. The third-order valence-electron chi connectivity index (χ3n) is 11.3. The van der Waals surface area contributed by atoms with Crippen LogP contribution >= 0.6 is 11.3 Å². The first-order chi connectivity index (χ1) is 27.4. The summed E-state index contributed by atoms with van der Waals surface area (Å²) in [5, 5.41) is 5.83. The molecule has 10 aromatic rings. The van der Waals surface area contributed by atoms with Crippen LogP contribution in [-0.2, 0) is 5.41 Å². The monoisotopic (exact) mass is 733 g/mol. The zero-order chi connectivity index (χ0) is 37.5. The molecule has 1 aliphatic carbocycles. The van der Waals surface area contributed by atoms with E-state index < -0.39 is 0 Å². The summed E-state index contributed by atoms with van der Waals surface area (Å²) in [7, 11) is 0. The van der Waals surface area contributed by atoms with Crippen molar-refractivity contribution in [2.75, 3.05) is 0 Å². The highest BCUT2D eigenvalue weighted by molar-refractivity contribution is 7.26. The summed E-state index contributed by atoms with van der Waals surface area (Å²) in [5.41, 5.74) is 11.3. The maximum atomic E-state index is 7.49. The van der Waals surface area contributed by atoms with Crippen molar-refractivity contribution in [2.45, 2.75) is 19.3 Å². The van der Waals surface area contributed by atoms with Gasteiger partial charge in [-0.1, -0.05) is 129 Å². The average molecular weight is 734 g/mol. The third-order valence-corrected chi connectivity index (χ3v) is 12.5. The summed E-state index contributed by atoms with van der Waals surface area (Å²) >= 11 is 1.80. The molecule has 6 heteroatoms. The molecule has 0 spiro atoms. The number of nitrogens with zero attached hydrogens (tertiary/aromatic N) is 5. The lowest BCUT2D eigenvalue weighted by molar-refractivity contribution is 0.660. The van der Waals surface area contributed by atoms with E-state index in [1.165, 1.54) is 42.4 Å². The molecule has 0 saturated heterocycles. The van der Waals surface area contributed by atoms with Crippen LogP contribution in [0.3, 0.4) is 0 Å². The number of rotatable bonds is 4. The molecule has 0 radical (unpaired) electrons. The second kappa shape index (κ2) is 12.2. The first-order valence-electron chi connectivity index (χ1n) is 18.7. The van der Waals surface area contributed by atoms with E-state index in [1.54, 1.807) is 11.3 Å². The number of benzene rings is 7. The van der Waals surface area contributed by atoms with Gasteiger partial charge >= 0.3 is 0 Å². The molecule has 3 heterocycles. The molecule has 1 aliphatic rings. The molecule has 0 saturated carbocycles. The summed E-state index contributed by atoms with van der Waals surface area (Å²) in [6, 6.07) is 52.7. The lowest BCUT2D eigenvalue weighted by Gasteiger charge is -2.21. The number of para-hydroxylation sites is 1. The standard InChI is InChI=1S/C50H31N5S/c1-50(2)39-15-9-7-13-34(39)37-27-31(19-24-40(37)50)48-53-47(30-17-21-33(51-3)22-18-30)54-49(55-48)32-20-25-42-38(28-32)45-43(56-42)26-23-36-44(45)35-14-8-10-16-41(35)52-46(36)29-11-5-4-6-12-29/h4-28H,1-2H3. The van der Waals surface area contributed by atoms with Gasteiger partial charge in [-0.25, -0.2) is 24.8 Å². The molecule has 56 heavy (non-hydrogen) atoms. The van der Waals surface area contributed by atoms with Gasteiger partial charge in [-0.05, 0) is 58.7 Å². The topological polar surface area (TPSA) is 55.9 Å². The van der Waals surface area contributed by atoms with E-state index >= 15 is 0 Å². The molecule has 262 valence electrons. The van der Waals surface area contributed by atoms with Crippen molar-refractivity contribution in [1.82, 2.24) is 19.9 Å². The molecule has 0 N–H and O–H groups in total. The average Bonchev–Trinajstić information content (AvgIpc) is 3.74. The van der Waals surface area contributed by atoms with E-state index in [-0.39, 0.29) is 5.41 Å². The number of thiophene rings is 1. The zero-order valence-electron chi connectivity index (χ0n) is 30.6. The van der Waals surface area contributed by atoms with Gasteiger partial charge in [0.05, 0.1) is 17.8 Å². The van der Waals surface area contributed by atoms with Crippen LogP contribution < -0.4 is 0 Å². The smallest absolute Gasteiger partial charge is 0.187 e. The maximum absolute atomic E-state index is 7.49. The van der Waals surface area contributed by atoms with E-state index in [1.807, 2.05) is 30.3 Å². The van der Waals surface area contributed by atoms with Gasteiger partial charge in [0, 0.05) is 64.0 Å². The fourth-order valence-electron chi connectivity index (χ4n) is 8.57. The second-order valence-electron chi connectivity index (χ2n) is 14.9. The Balaban J connectivity index is 1.15. The van der Waals surface area contributed by atoms with Crippen molar-refractivity contribution >= 4 is 58.9 Å². The van der Waals surface area contributed by atoms with Gasteiger partial charge in [0.1, 0.15) is 0 Å². The number of fused-ring (bicyclic) bond motifs is 10. The van der Waals surface area contributed by atoms with Crippen molar-refractivity contribution in [3.63, 3.8) is 0 Å². The van der Waals surface area contributed by atoms with Gasteiger partial charge in [0.15, 0.2) is 23.2 Å². The molecule has 3 aromatic heterocycles. The molecule has 0 bridgehead atoms. The van der Waals surface area contributed by atoms with Crippen LogP contribution in [0.1, 0.15) is 25.0 Å². The highest BCUT2D eigenvalue weighted by Gasteiger charge is 2.35. The molecule has 0 unspecified atom stereocenters. The fourth-order valence-corrected chi connectivity index (χ4v) is 9.67. The predicted octanol–water partition coefficient (Wildman–Crippen LogP) is 13.5. The Hall–Kier alpha value is -7.07. The summed E-state index contributed by atoms with van der Waals surface area (Å²) in [6.07, 6.45) is 0. The molecule has 0 atom stereocenters. The minimum absolute atomic E-state index is 0.101. The van der Waals surface area contributed by atoms with E-state index in [4.69, 9.17) is 26.5 Å². The van der Waals surface area contributed by atoms with Crippen LogP contribution in [0.2, 0.25) is 0 Å². The normalized spacial score (nSPS) is 12.9. The molecular weight excluding hydrogens is 703 g/mol. The Bertz CT molecular complexity index is 3280. The van der Waals surface area contributed by atoms with E-state index in [0.29, 0.717) is 23.2 Å². The molecule has 0 fully saturated rings. The Labute approximate surface area is 327 Å². The number of hydrogen-bond acceptors (Lipinski definition) is 5. The zero-order valence-corrected chi connectivity index (χ0v) is 31.4. The quantitative estimate of drug-likeness (QED) is 0.133. The Morgan fingerprint density at radius 2 is 1.12 bits per heavy atom. The highest BCUT2D eigenvalue weighted by atomic mass is 32.1. The summed E-state index contributed by atoms with van der Waals surface area (Å²) < 4.78 is 2.42. The Morgan fingerprint density at radius 1 is 0.482 bits per heavy atom. The van der Waals surface area contributed by atoms with Crippen LogP contribution in [0.4, 0.5) is 5.69 Å². The van der Waals surface area contributed by atoms with Gasteiger partial charge in [-0.15, -0.1) is 11.3 Å². The molecule has 11 rings (SSSR count). The summed E-state index contributed by atoms with van der Waals surface area (Å²) in [5.74, 6) is 1.76. The lowest BCUT2D eigenvalue weighted by Crippen LogP contribution is -2.14. The minimum Gasteiger partial charge on any atom is -0.247 e. The largest absolute Gasteiger partial charge is 0.247 e. The first kappa shape index (κ1) is 32.4. The molecule has 5 nitrogen and oxygen atoms in total. The number of aromatic nitrogens is 4. The second-order valence-corrected chi connectivity index (χ2v) is 16.0. The van der Waals surface area contributed by atoms with E-state index in [0.717, 1.165) is 49.6 Å². The van der Waals surface area contributed by atoms with Gasteiger partial charge < -0.3 is 0 Å². The van der Waals surface area contributed by atoms with Crippen molar-refractivity contribution < 1.29 is 0 Å².